The summed E-state index contributed by atoms with van der Waals surface area (Å²) in [5, 5.41) is 16.4. The molecule has 0 aliphatic rings. The molecular formula is C26H45NO3. The first-order valence-electron chi connectivity index (χ1n) is 12.3. The number of hydrogen-bond acceptors (Lipinski definition) is 4. The lowest BCUT2D eigenvalue weighted by Crippen LogP contribution is -2.06. The Morgan fingerprint density at radius 1 is 0.700 bits per heavy atom. The molecule has 0 bridgehead atoms. The summed E-state index contributed by atoms with van der Waals surface area (Å²) in [6.45, 7) is 3.05. The molecule has 2 N–H and O–H groups in total. The fourth-order valence-corrected chi connectivity index (χ4v) is 3.73. The molecule has 0 radical (unpaired) electrons. The van der Waals surface area contributed by atoms with Crippen molar-refractivity contribution < 1.29 is 14.9 Å². The van der Waals surface area contributed by atoms with Crippen molar-refractivity contribution in [2.45, 2.75) is 116 Å². The summed E-state index contributed by atoms with van der Waals surface area (Å²) in [5.74, 6) is 0.215. The monoisotopic (exact) mass is 419 g/mol. The molecule has 4 nitrogen and oxygen atoms in total. The van der Waals surface area contributed by atoms with E-state index >= 15 is 0 Å². The average molecular weight is 420 g/mol. The van der Waals surface area contributed by atoms with Gasteiger partial charge in [-0.3, -0.25) is 10.7 Å². The lowest BCUT2D eigenvalue weighted by Gasteiger charge is -2.08. The van der Waals surface area contributed by atoms with Gasteiger partial charge in [-0.05, 0) is 24.1 Å². The molecule has 0 saturated carbocycles. The van der Waals surface area contributed by atoms with E-state index in [9.17, 15) is 0 Å². The molecule has 0 atom stereocenters. The second-order valence-corrected chi connectivity index (χ2v) is 8.45. The highest BCUT2D eigenvalue weighted by molar-refractivity contribution is 5.91. The Bertz CT molecular complexity index is 516. The van der Waals surface area contributed by atoms with Crippen LogP contribution in [0.5, 0.6) is 0 Å². The molecule has 1 rings (SSSR count). The van der Waals surface area contributed by atoms with Crippen molar-refractivity contribution in [1.82, 2.24) is 0 Å². The second-order valence-electron chi connectivity index (χ2n) is 8.45. The predicted octanol–water partition coefficient (Wildman–Crippen LogP) is 8.28. The molecule has 0 fully saturated rings. The summed E-state index contributed by atoms with van der Waals surface area (Å²) < 4.78 is 5.55. The number of ether oxygens (including phenoxy) is 1. The van der Waals surface area contributed by atoms with Gasteiger partial charge in [-0.1, -0.05) is 115 Å². The normalized spacial score (nSPS) is 11.0. The van der Waals surface area contributed by atoms with Gasteiger partial charge in [-0.15, -0.1) is 0 Å². The number of benzene rings is 1. The topological polar surface area (TPSA) is 62.5 Å². The van der Waals surface area contributed by atoms with Crippen LogP contribution in [0.4, 0.5) is 0 Å². The summed E-state index contributed by atoms with van der Waals surface area (Å²) in [6, 6.07) is 7.31. The van der Waals surface area contributed by atoms with Crippen LogP contribution in [0.25, 0.3) is 0 Å². The van der Waals surface area contributed by atoms with Crippen molar-refractivity contribution in [3.8, 4) is 0 Å². The van der Waals surface area contributed by atoms with Gasteiger partial charge in [0.25, 0.3) is 0 Å². The van der Waals surface area contributed by atoms with Gasteiger partial charge in [0.2, 0.25) is 5.90 Å². The van der Waals surface area contributed by atoms with Crippen LogP contribution in [0.1, 0.15) is 121 Å². The summed E-state index contributed by atoms with van der Waals surface area (Å²) in [5.41, 5.74) is 1.63. The Morgan fingerprint density at radius 2 is 1.13 bits per heavy atom. The maximum absolute atomic E-state index is 8.45. The lowest BCUT2D eigenvalue weighted by molar-refractivity contribution is -0.253. The molecule has 1 aromatic carbocycles. The Kier molecular flexibility index (Phi) is 17.4. The quantitative estimate of drug-likeness (QED) is 0.0734. The average Bonchev–Trinajstić information content (AvgIpc) is 2.76. The number of unbranched alkanes of at least 4 members (excludes halogenated alkanes) is 15. The van der Waals surface area contributed by atoms with Gasteiger partial charge in [0.1, 0.15) is 6.61 Å². The zero-order chi connectivity index (χ0) is 21.7. The van der Waals surface area contributed by atoms with E-state index in [0.717, 1.165) is 17.5 Å². The highest BCUT2D eigenvalue weighted by Gasteiger charge is 2.03. The maximum Gasteiger partial charge on any atom is 0.213 e. The first-order chi connectivity index (χ1) is 14.8. The molecule has 0 heterocycles. The van der Waals surface area contributed by atoms with Crippen molar-refractivity contribution in [3.63, 3.8) is 0 Å². The van der Waals surface area contributed by atoms with Crippen molar-refractivity contribution in [3.05, 3.63) is 35.4 Å². The van der Waals surface area contributed by atoms with Crippen LogP contribution in [-0.4, -0.2) is 17.8 Å². The summed E-state index contributed by atoms with van der Waals surface area (Å²) in [6.07, 6.45) is 21.7. The van der Waals surface area contributed by atoms with Crippen molar-refractivity contribution in [1.29, 1.82) is 5.41 Å². The molecule has 0 spiro atoms. The maximum atomic E-state index is 8.45. The van der Waals surface area contributed by atoms with Crippen LogP contribution in [0.2, 0.25) is 0 Å². The van der Waals surface area contributed by atoms with Gasteiger partial charge in [-0.25, -0.2) is 4.89 Å². The summed E-state index contributed by atoms with van der Waals surface area (Å²) >= 11 is 0. The number of rotatable bonds is 20. The minimum Gasteiger partial charge on any atom is -0.478 e. The molecule has 4 heteroatoms. The van der Waals surface area contributed by atoms with E-state index in [-0.39, 0.29) is 12.5 Å². The van der Waals surface area contributed by atoms with E-state index < -0.39 is 0 Å². The Hall–Kier alpha value is -1.39. The minimum atomic E-state index is 0.160. The summed E-state index contributed by atoms with van der Waals surface area (Å²) in [7, 11) is 0. The minimum absolute atomic E-state index is 0.160. The van der Waals surface area contributed by atoms with Crippen LogP contribution in [0.3, 0.4) is 0 Å². The standard InChI is InChI=1S/C26H45NO3/c1-2-3-4-5-6-7-8-9-10-11-12-13-14-15-16-17-22-29-26(27)25-20-18-24(19-21-25)23-30-28/h18-21,27-28H,2-17,22-23H2,1H3. The van der Waals surface area contributed by atoms with E-state index in [1.165, 1.54) is 96.3 Å². The molecule has 0 amide bonds. The van der Waals surface area contributed by atoms with Gasteiger partial charge in [0, 0.05) is 5.56 Å². The van der Waals surface area contributed by atoms with Gasteiger partial charge in [-0.2, -0.15) is 0 Å². The highest BCUT2D eigenvalue weighted by atomic mass is 17.1. The van der Waals surface area contributed by atoms with Crippen molar-refractivity contribution >= 4 is 5.90 Å². The van der Waals surface area contributed by atoms with Gasteiger partial charge in [0.15, 0.2) is 0 Å². The van der Waals surface area contributed by atoms with Crippen LogP contribution < -0.4 is 0 Å². The molecule has 172 valence electrons. The zero-order valence-corrected chi connectivity index (χ0v) is 19.3. The molecule has 0 aromatic heterocycles. The number of nitrogens with one attached hydrogen (secondary N) is 1. The van der Waals surface area contributed by atoms with Gasteiger partial charge in [0.05, 0.1) is 6.61 Å². The first-order valence-corrected chi connectivity index (χ1v) is 12.3. The molecule has 1 aromatic rings. The van der Waals surface area contributed by atoms with E-state index in [1.807, 2.05) is 24.3 Å². The van der Waals surface area contributed by atoms with E-state index in [0.29, 0.717) is 6.61 Å². The van der Waals surface area contributed by atoms with Crippen LogP contribution in [0, 0.1) is 5.41 Å². The van der Waals surface area contributed by atoms with Gasteiger partial charge < -0.3 is 4.74 Å². The molecular weight excluding hydrogens is 374 g/mol. The second kappa shape index (κ2) is 19.6. The third-order valence-electron chi connectivity index (χ3n) is 5.69. The molecule has 0 aliphatic carbocycles. The SMILES string of the molecule is CCCCCCCCCCCCCCCCCCOC(=N)c1ccc(COO)cc1. The van der Waals surface area contributed by atoms with E-state index in [2.05, 4.69) is 11.8 Å². The van der Waals surface area contributed by atoms with Crippen LogP contribution in [-0.2, 0) is 16.2 Å². The molecule has 0 aliphatic heterocycles. The third kappa shape index (κ3) is 14.6. The molecule has 0 unspecified atom stereocenters. The summed E-state index contributed by atoms with van der Waals surface area (Å²) in [4.78, 5) is 4.11. The van der Waals surface area contributed by atoms with Crippen molar-refractivity contribution in [2.24, 2.45) is 0 Å². The Labute approximate surface area is 184 Å². The lowest BCUT2D eigenvalue weighted by atomic mass is 10.0. The number of hydrogen-bond donors (Lipinski definition) is 2. The fraction of sp³-hybridized carbons (Fsp3) is 0.731. The van der Waals surface area contributed by atoms with Crippen molar-refractivity contribution in [2.75, 3.05) is 6.61 Å². The van der Waals surface area contributed by atoms with Crippen LogP contribution in [0.15, 0.2) is 24.3 Å². The largest absolute Gasteiger partial charge is 0.478 e. The Morgan fingerprint density at radius 3 is 1.57 bits per heavy atom. The van der Waals surface area contributed by atoms with E-state index in [1.54, 1.807) is 0 Å². The molecule has 30 heavy (non-hydrogen) atoms. The van der Waals surface area contributed by atoms with Crippen LogP contribution >= 0.6 is 0 Å². The molecule has 0 saturated heterocycles. The first kappa shape index (κ1) is 26.6. The third-order valence-corrected chi connectivity index (χ3v) is 5.69. The smallest absolute Gasteiger partial charge is 0.213 e. The zero-order valence-electron chi connectivity index (χ0n) is 19.3. The van der Waals surface area contributed by atoms with Gasteiger partial charge >= 0.3 is 0 Å². The fourth-order valence-electron chi connectivity index (χ4n) is 3.73. The highest BCUT2D eigenvalue weighted by Crippen LogP contribution is 2.14. The van der Waals surface area contributed by atoms with E-state index in [4.69, 9.17) is 15.4 Å². The predicted molar refractivity (Wildman–Crippen MR) is 126 cm³/mol. The Balaban J connectivity index is 1.83.